The van der Waals surface area contributed by atoms with Crippen LogP contribution in [0.4, 0.5) is 0 Å². The van der Waals surface area contributed by atoms with Gasteiger partial charge in [-0.05, 0) is 38.1 Å². The van der Waals surface area contributed by atoms with E-state index in [9.17, 15) is 14.4 Å². The third kappa shape index (κ3) is 4.03. The number of carbonyl (C=O) groups is 3. The second-order valence-corrected chi connectivity index (χ2v) is 5.22. The molecule has 0 heterocycles. The molecule has 118 valence electrons. The van der Waals surface area contributed by atoms with Crippen molar-refractivity contribution in [1.29, 1.82) is 0 Å². The molecule has 0 radical (unpaired) electrons. The average molecular weight is 311 g/mol. The molecule has 5 heteroatoms. The van der Waals surface area contributed by atoms with E-state index in [1.165, 1.54) is 31.2 Å². The van der Waals surface area contributed by atoms with Gasteiger partial charge in [0.25, 0.3) is 0 Å². The molecular weight excluding hydrogens is 294 g/mol. The molecule has 0 aromatic heterocycles. The lowest BCUT2D eigenvalue weighted by Crippen LogP contribution is -2.24. The highest BCUT2D eigenvalue weighted by Gasteiger charge is 2.20. The van der Waals surface area contributed by atoms with Gasteiger partial charge >= 0.3 is 5.97 Å². The van der Waals surface area contributed by atoms with Gasteiger partial charge in [0.15, 0.2) is 6.10 Å². The van der Waals surface area contributed by atoms with Gasteiger partial charge < -0.3 is 10.5 Å². The van der Waals surface area contributed by atoms with Crippen LogP contribution in [0, 0.1) is 6.92 Å². The molecule has 0 aliphatic rings. The first-order valence-electron chi connectivity index (χ1n) is 7.10. The van der Waals surface area contributed by atoms with Gasteiger partial charge in [-0.3, -0.25) is 9.59 Å². The van der Waals surface area contributed by atoms with Crippen molar-refractivity contribution in [3.63, 3.8) is 0 Å². The van der Waals surface area contributed by atoms with Crippen LogP contribution in [0.3, 0.4) is 0 Å². The van der Waals surface area contributed by atoms with Crippen molar-refractivity contribution in [2.45, 2.75) is 20.0 Å². The average Bonchev–Trinajstić information content (AvgIpc) is 2.54. The predicted molar refractivity (Wildman–Crippen MR) is 85.3 cm³/mol. The zero-order chi connectivity index (χ0) is 17.0. The van der Waals surface area contributed by atoms with Crippen molar-refractivity contribution in [2.75, 3.05) is 0 Å². The first-order valence-corrected chi connectivity index (χ1v) is 7.10. The first kappa shape index (κ1) is 16.4. The van der Waals surface area contributed by atoms with Gasteiger partial charge in [0.1, 0.15) is 0 Å². The summed E-state index contributed by atoms with van der Waals surface area (Å²) in [5.41, 5.74) is 7.21. The number of primary amides is 1. The zero-order valence-corrected chi connectivity index (χ0v) is 12.9. The van der Waals surface area contributed by atoms with Gasteiger partial charge in [-0.2, -0.15) is 0 Å². The van der Waals surface area contributed by atoms with Crippen LogP contribution < -0.4 is 5.73 Å². The Labute approximate surface area is 134 Å². The van der Waals surface area contributed by atoms with Gasteiger partial charge in [-0.15, -0.1) is 0 Å². The fourth-order valence-electron chi connectivity index (χ4n) is 2.01. The van der Waals surface area contributed by atoms with Crippen LogP contribution in [0.2, 0.25) is 0 Å². The standard InChI is InChI=1S/C18H17NO4/c1-11-3-5-13(6-4-11)16(20)12(2)23-18(22)15-9-7-14(8-10-15)17(19)21/h3-10,12H,1-2H3,(H2,19,21)/t12-/m0/s1. The molecule has 0 saturated carbocycles. The lowest BCUT2D eigenvalue weighted by molar-refractivity contribution is 0.0318. The number of benzene rings is 2. The minimum absolute atomic E-state index is 0.249. The minimum Gasteiger partial charge on any atom is -0.451 e. The summed E-state index contributed by atoms with van der Waals surface area (Å²) in [7, 11) is 0. The summed E-state index contributed by atoms with van der Waals surface area (Å²) in [6.07, 6.45) is -0.902. The smallest absolute Gasteiger partial charge is 0.338 e. The van der Waals surface area contributed by atoms with Crippen molar-refractivity contribution in [2.24, 2.45) is 5.73 Å². The summed E-state index contributed by atoms with van der Waals surface area (Å²) in [6, 6.07) is 12.8. The van der Waals surface area contributed by atoms with Gasteiger partial charge in [0.2, 0.25) is 11.7 Å². The van der Waals surface area contributed by atoms with Crippen molar-refractivity contribution in [3.05, 3.63) is 70.8 Å². The fourth-order valence-corrected chi connectivity index (χ4v) is 2.01. The molecule has 0 fully saturated rings. The summed E-state index contributed by atoms with van der Waals surface area (Å²) in [4.78, 5) is 35.3. The van der Waals surface area contributed by atoms with Crippen molar-refractivity contribution in [1.82, 2.24) is 0 Å². The van der Waals surface area contributed by atoms with E-state index in [1.807, 2.05) is 19.1 Å². The molecule has 0 saturated heterocycles. The Morgan fingerprint density at radius 2 is 1.35 bits per heavy atom. The zero-order valence-electron chi connectivity index (χ0n) is 12.9. The van der Waals surface area contributed by atoms with Crippen molar-refractivity contribution in [3.8, 4) is 0 Å². The van der Waals surface area contributed by atoms with E-state index in [-0.39, 0.29) is 11.3 Å². The Balaban J connectivity index is 2.05. The van der Waals surface area contributed by atoms with E-state index in [2.05, 4.69) is 0 Å². The van der Waals surface area contributed by atoms with Crippen LogP contribution in [0.25, 0.3) is 0 Å². The van der Waals surface area contributed by atoms with E-state index < -0.39 is 18.0 Å². The molecule has 0 bridgehead atoms. The lowest BCUT2D eigenvalue weighted by atomic mass is 10.1. The third-order valence-corrected chi connectivity index (χ3v) is 3.39. The molecule has 0 aliphatic heterocycles. The van der Waals surface area contributed by atoms with Crippen LogP contribution in [0.15, 0.2) is 48.5 Å². The molecule has 2 rings (SSSR count). The summed E-state index contributed by atoms with van der Waals surface area (Å²) >= 11 is 0. The van der Waals surface area contributed by atoms with E-state index in [1.54, 1.807) is 12.1 Å². The molecule has 1 atom stereocenters. The molecule has 2 aromatic rings. The number of hydrogen-bond donors (Lipinski definition) is 1. The Kier molecular flexibility index (Phi) is 4.91. The maximum absolute atomic E-state index is 12.2. The minimum atomic E-state index is -0.902. The molecule has 2 N–H and O–H groups in total. The summed E-state index contributed by atoms with van der Waals surface area (Å²) in [5, 5.41) is 0. The maximum atomic E-state index is 12.2. The van der Waals surface area contributed by atoms with Crippen LogP contribution in [-0.2, 0) is 4.74 Å². The second-order valence-electron chi connectivity index (χ2n) is 5.22. The Morgan fingerprint density at radius 1 is 0.870 bits per heavy atom. The number of nitrogens with two attached hydrogens (primary N) is 1. The number of ketones is 1. The van der Waals surface area contributed by atoms with E-state index in [0.29, 0.717) is 11.1 Å². The molecule has 0 aliphatic carbocycles. The van der Waals surface area contributed by atoms with Crippen molar-refractivity contribution >= 4 is 17.7 Å². The summed E-state index contributed by atoms with van der Waals surface area (Å²) < 4.78 is 5.18. The van der Waals surface area contributed by atoms with Gasteiger partial charge in [-0.1, -0.05) is 29.8 Å². The summed E-state index contributed by atoms with van der Waals surface area (Å²) in [6.45, 7) is 3.45. The van der Waals surface area contributed by atoms with Crippen LogP contribution >= 0.6 is 0 Å². The van der Waals surface area contributed by atoms with E-state index in [0.717, 1.165) is 5.56 Å². The van der Waals surface area contributed by atoms with Crippen LogP contribution in [0.5, 0.6) is 0 Å². The van der Waals surface area contributed by atoms with Gasteiger partial charge in [0, 0.05) is 11.1 Å². The normalized spacial score (nSPS) is 11.6. The highest BCUT2D eigenvalue weighted by Crippen LogP contribution is 2.11. The van der Waals surface area contributed by atoms with Crippen molar-refractivity contribution < 1.29 is 19.1 Å². The summed E-state index contributed by atoms with van der Waals surface area (Å²) in [5.74, 6) is -1.48. The predicted octanol–water partition coefficient (Wildman–Crippen LogP) is 2.52. The number of hydrogen-bond acceptors (Lipinski definition) is 4. The number of amides is 1. The molecule has 1 amide bonds. The quantitative estimate of drug-likeness (QED) is 0.679. The SMILES string of the molecule is Cc1ccc(C(=O)[C@H](C)OC(=O)c2ccc(C(N)=O)cc2)cc1. The number of ether oxygens (including phenoxy) is 1. The monoisotopic (exact) mass is 311 g/mol. The molecule has 0 unspecified atom stereocenters. The molecular formula is C18H17NO4. The number of esters is 1. The lowest BCUT2D eigenvalue weighted by Gasteiger charge is -2.12. The molecule has 0 spiro atoms. The van der Waals surface area contributed by atoms with Gasteiger partial charge in [0.05, 0.1) is 5.56 Å². The highest BCUT2D eigenvalue weighted by atomic mass is 16.5. The highest BCUT2D eigenvalue weighted by molar-refractivity contribution is 6.01. The third-order valence-electron chi connectivity index (χ3n) is 3.39. The second kappa shape index (κ2) is 6.87. The Bertz CT molecular complexity index is 733. The Hall–Kier alpha value is -2.95. The number of Topliss-reactive ketones (excluding diaryl/α,β-unsaturated/α-hetero) is 1. The maximum Gasteiger partial charge on any atom is 0.338 e. The van der Waals surface area contributed by atoms with E-state index in [4.69, 9.17) is 10.5 Å². The number of rotatable bonds is 5. The van der Waals surface area contributed by atoms with Gasteiger partial charge in [-0.25, -0.2) is 4.79 Å². The largest absolute Gasteiger partial charge is 0.451 e. The molecule has 23 heavy (non-hydrogen) atoms. The topological polar surface area (TPSA) is 86.5 Å². The molecule has 5 nitrogen and oxygen atoms in total. The number of carbonyl (C=O) groups excluding carboxylic acids is 3. The Morgan fingerprint density at radius 3 is 1.87 bits per heavy atom. The number of aryl methyl sites for hydroxylation is 1. The van der Waals surface area contributed by atoms with E-state index >= 15 is 0 Å². The van der Waals surface area contributed by atoms with Crippen LogP contribution in [0.1, 0.15) is 43.6 Å². The fraction of sp³-hybridized carbons (Fsp3) is 0.167. The molecule has 2 aromatic carbocycles. The first-order chi connectivity index (χ1) is 10.9. The van der Waals surface area contributed by atoms with Crippen LogP contribution in [-0.4, -0.2) is 23.8 Å².